The van der Waals surface area contributed by atoms with Gasteiger partial charge in [-0.15, -0.1) is 0 Å². The summed E-state index contributed by atoms with van der Waals surface area (Å²) in [6, 6.07) is 7.35. The van der Waals surface area contributed by atoms with Crippen molar-refractivity contribution in [2.45, 2.75) is 31.6 Å². The zero-order chi connectivity index (χ0) is 12.2. The van der Waals surface area contributed by atoms with Gasteiger partial charge in [0, 0.05) is 6.42 Å². The highest BCUT2D eigenvalue weighted by atomic mass is 32.2. The Bertz CT molecular complexity index is 512. The minimum Gasteiger partial charge on any atom is -0.224 e. The lowest BCUT2D eigenvalue weighted by molar-refractivity contribution is 0.593. The molecule has 0 N–H and O–H groups in total. The number of hydrogen-bond donors (Lipinski definition) is 0. The number of sulfone groups is 1. The molecule has 0 atom stereocenters. The van der Waals surface area contributed by atoms with E-state index >= 15 is 0 Å². The van der Waals surface area contributed by atoms with E-state index in [0.717, 1.165) is 11.1 Å². The molecule has 1 rings (SSSR count). The predicted molar refractivity (Wildman–Crippen MR) is 62.8 cm³/mol. The highest BCUT2D eigenvalue weighted by molar-refractivity contribution is 7.91. The van der Waals surface area contributed by atoms with E-state index in [1.54, 1.807) is 13.0 Å². The molecule has 0 saturated carbocycles. The van der Waals surface area contributed by atoms with E-state index in [1.165, 1.54) is 0 Å². The third-order valence-electron chi connectivity index (χ3n) is 2.38. The molecule has 0 aromatic heterocycles. The molecule has 0 heterocycles. The minimum atomic E-state index is -3.24. The van der Waals surface area contributed by atoms with Gasteiger partial charge >= 0.3 is 0 Å². The maximum Gasteiger partial charge on any atom is 0.178 e. The molecule has 0 fully saturated rings. The minimum absolute atomic E-state index is 0.0465. The molecule has 86 valence electrons. The summed E-state index contributed by atoms with van der Waals surface area (Å²) >= 11 is 0. The van der Waals surface area contributed by atoms with Gasteiger partial charge in [0.15, 0.2) is 9.84 Å². The van der Waals surface area contributed by atoms with Crippen LogP contribution in [0.5, 0.6) is 0 Å². The molecule has 3 nitrogen and oxygen atoms in total. The zero-order valence-corrected chi connectivity index (χ0v) is 10.3. The topological polar surface area (TPSA) is 57.9 Å². The van der Waals surface area contributed by atoms with Crippen molar-refractivity contribution in [2.75, 3.05) is 5.75 Å². The normalized spacial score (nSPS) is 11.1. The largest absolute Gasteiger partial charge is 0.224 e. The lowest BCUT2D eigenvalue weighted by atomic mass is 10.2. The summed E-state index contributed by atoms with van der Waals surface area (Å²) in [5.74, 6) is 0.0465. The Balaban J connectivity index is 2.99. The van der Waals surface area contributed by atoms with Crippen molar-refractivity contribution >= 4 is 9.84 Å². The Labute approximate surface area is 96.6 Å². The van der Waals surface area contributed by atoms with E-state index in [9.17, 15) is 8.42 Å². The van der Waals surface area contributed by atoms with Crippen molar-refractivity contribution in [3.05, 3.63) is 29.3 Å². The summed E-state index contributed by atoms with van der Waals surface area (Å²) < 4.78 is 23.9. The van der Waals surface area contributed by atoms with Gasteiger partial charge in [-0.1, -0.05) is 12.1 Å². The van der Waals surface area contributed by atoms with Crippen LogP contribution in [0.25, 0.3) is 0 Å². The number of nitriles is 1. The van der Waals surface area contributed by atoms with E-state index in [1.807, 2.05) is 25.1 Å². The Kier molecular flexibility index (Phi) is 4.08. The van der Waals surface area contributed by atoms with Crippen LogP contribution in [-0.4, -0.2) is 14.2 Å². The molecular formula is C12H15NO2S. The fourth-order valence-corrected chi connectivity index (χ4v) is 3.16. The van der Waals surface area contributed by atoms with Crippen LogP contribution in [0.1, 0.15) is 24.0 Å². The van der Waals surface area contributed by atoms with Gasteiger partial charge in [-0.3, -0.25) is 0 Å². The first-order chi connectivity index (χ1) is 7.47. The number of unbranched alkanes of at least 4 members (excludes halogenated alkanes) is 1. The Hall–Kier alpha value is -1.34. The van der Waals surface area contributed by atoms with E-state index in [2.05, 4.69) is 0 Å². The molecular weight excluding hydrogens is 222 g/mol. The standard InChI is InChI=1S/C12H15NO2S/c1-10-5-6-11(2)12(9-10)16(14,15)8-4-3-7-13/h5-6,9H,3-4,8H2,1-2H3. The third-order valence-corrected chi connectivity index (χ3v) is 4.32. The Morgan fingerprint density at radius 1 is 1.31 bits per heavy atom. The first-order valence-corrected chi connectivity index (χ1v) is 6.79. The van der Waals surface area contributed by atoms with Crippen molar-refractivity contribution in [3.8, 4) is 6.07 Å². The molecule has 0 bridgehead atoms. The molecule has 0 amide bonds. The quantitative estimate of drug-likeness (QED) is 0.755. The second-order valence-corrected chi connectivity index (χ2v) is 5.93. The predicted octanol–water partition coefficient (Wildman–Crippen LogP) is 2.38. The van der Waals surface area contributed by atoms with Crippen LogP contribution < -0.4 is 0 Å². The summed E-state index contributed by atoms with van der Waals surface area (Å²) in [7, 11) is -3.24. The van der Waals surface area contributed by atoms with E-state index < -0.39 is 9.84 Å². The summed E-state index contributed by atoms with van der Waals surface area (Å²) in [5.41, 5.74) is 1.70. The average molecular weight is 237 g/mol. The summed E-state index contributed by atoms with van der Waals surface area (Å²) in [5, 5.41) is 8.39. The number of aryl methyl sites for hydroxylation is 2. The zero-order valence-electron chi connectivity index (χ0n) is 9.53. The number of hydrogen-bond acceptors (Lipinski definition) is 3. The van der Waals surface area contributed by atoms with Gasteiger partial charge in [-0.2, -0.15) is 5.26 Å². The van der Waals surface area contributed by atoms with Crippen molar-refractivity contribution in [1.29, 1.82) is 5.26 Å². The molecule has 0 radical (unpaired) electrons. The molecule has 0 spiro atoms. The van der Waals surface area contributed by atoms with Gasteiger partial charge in [-0.05, 0) is 37.5 Å². The first-order valence-electron chi connectivity index (χ1n) is 5.14. The number of rotatable bonds is 4. The molecule has 0 aliphatic rings. The van der Waals surface area contributed by atoms with Crippen molar-refractivity contribution in [2.24, 2.45) is 0 Å². The van der Waals surface area contributed by atoms with Gasteiger partial charge in [0.05, 0.1) is 16.7 Å². The van der Waals surface area contributed by atoms with Crippen LogP contribution in [0.3, 0.4) is 0 Å². The molecule has 0 unspecified atom stereocenters. The highest BCUT2D eigenvalue weighted by Crippen LogP contribution is 2.19. The monoisotopic (exact) mass is 237 g/mol. The third kappa shape index (κ3) is 3.07. The van der Waals surface area contributed by atoms with E-state index in [-0.39, 0.29) is 12.2 Å². The smallest absolute Gasteiger partial charge is 0.178 e. The average Bonchev–Trinajstić information content (AvgIpc) is 2.22. The Morgan fingerprint density at radius 2 is 2.00 bits per heavy atom. The van der Waals surface area contributed by atoms with Crippen LogP contribution in [0.4, 0.5) is 0 Å². The Morgan fingerprint density at radius 3 is 2.62 bits per heavy atom. The van der Waals surface area contributed by atoms with E-state index in [0.29, 0.717) is 11.3 Å². The van der Waals surface area contributed by atoms with Crippen molar-refractivity contribution < 1.29 is 8.42 Å². The van der Waals surface area contributed by atoms with Gasteiger partial charge in [0.2, 0.25) is 0 Å². The molecule has 0 saturated heterocycles. The molecule has 0 aliphatic carbocycles. The fraction of sp³-hybridized carbons (Fsp3) is 0.417. The maximum absolute atomic E-state index is 12.0. The lowest BCUT2D eigenvalue weighted by Gasteiger charge is -2.07. The van der Waals surface area contributed by atoms with E-state index in [4.69, 9.17) is 5.26 Å². The summed E-state index contributed by atoms with van der Waals surface area (Å²) in [6.45, 7) is 3.66. The van der Waals surface area contributed by atoms with Crippen LogP contribution in [0.2, 0.25) is 0 Å². The maximum atomic E-state index is 12.0. The second-order valence-electron chi connectivity index (χ2n) is 3.85. The SMILES string of the molecule is Cc1ccc(C)c(S(=O)(=O)CCCC#N)c1. The van der Waals surface area contributed by atoms with Gasteiger partial charge in [0.1, 0.15) is 0 Å². The van der Waals surface area contributed by atoms with Crippen LogP contribution in [-0.2, 0) is 9.84 Å². The molecule has 4 heteroatoms. The van der Waals surface area contributed by atoms with Gasteiger partial charge in [0.25, 0.3) is 0 Å². The summed E-state index contributed by atoms with van der Waals surface area (Å²) in [4.78, 5) is 0.394. The second kappa shape index (κ2) is 5.13. The summed E-state index contributed by atoms with van der Waals surface area (Å²) in [6.07, 6.45) is 0.677. The highest BCUT2D eigenvalue weighted by Gasteiger charge is 2.16. The van der Waals surface area contributed by atoms with Crippen LogP contribution in [0, 0.1) is 25.2 Å². The molecule has 1 aromatic carbocycles. The molecule has 0 aliphatic heterocycles. The molecule has 1 aromatic rings. The van der Waals surface area contributed by atoms with Crippen LogP contribution in [0.15, 0.2) is 23.1 Å². The van der Waals surface area contributed by atoms with Crippen molar-refractivity contribution in [1.82, 2.24) is 0 Å². The number of benzene rings is 1. The lowest BCUT2D eigenvalue weighted by Crippen LogP contribution is -2.08. The van der Waals surface area contributed by atoms with Crippen molar-refractivity contribution in [3.63, 3.8) is 0 Å². The van der Waals surface area contributed by atoms with Gasteiger partial charge in [-0.25, -0.2) is 8.42 Å². The molecule has 16 heavy (non-hydrogen) atoms. The fourth-order valence-electron chi connectivity index (χ4n) is 1.49. The van der Waals surface area contributed by atoms with Gasteiger partial charge < -0.3 is 0 Å². The number of nitrogens with zero attached hydrogens (tertiary/aromatic N) is 1. The first kappa shape index (κ1) is 12.7. The van der Waals surface area contributed by atoms with Crippen LogP contribution >= 0.6 is 0 Å².